The summed E-state index contributed by atoms with van der Waals surface area (Å²) in [4.78, 5) is 23.9. The maximum Gasteiger partial charge on any atom is 0.307 e. The van der Waals surface area contributed by atoms with Gasteiger partial charge in [0.15, 0.2) is 0 Å². The molecule has 39 heavy (non-hydrogen) atoms. The molecule has 0 bridgehead atoms. The van der Waals surface area contributed by atoms with E-state index in [1.165, 1.54) is 38.5 Å². The van der Waals surface area contributed by atoms with Gasteiger partial charge in [-0.05, 0) is 81.4 Å². The SMILES string of the molecule is Cc1c(C)c2c(c(C)c1O)CC(C(CC(=O)O)C(=O)O)[C@](C)(CCC[C@H](C)CCC[C@@H](C)CCCC(C)C)O2. The van der Waals surface area contributed by atoms with Gasteiger partial charge in [0, 0.05) is 11.5 Å². The van der Waals surface area contributed by atoms with E-state index in [1.54, 1.807) is 0 Å². The molecular formula is C33H54O6. The van der Waals surface area contributed by atoms with Crippen LogP contribution in [0.4, 0.5) is 0 Å². The molecule has 0 saturated carbocycles. The average molecular weight is 547 g/mol. The van der Waals surface area contributed by atoms with Crippen LogP contribution in [0.1, 0.15) is 121 Å². The molecule has 1 aromatic rings. The number of aromatic hydroxyl groups is 1. The van der Waals surface area contributed by atoms with Crippen molar-refractivity contribution in [3.8, 4) is 11.5 Å². The summed E-state index contributed by atoms with van der Waals surface area (Å²) in [5, 5.41) is 30.2. The lowest BCUT2D eigenvalue weighted by molar-refractivity contribution is -0.155. The van der Waals surface area contributed by atoms with Crippen molar-refractivity contribution in [2.75, 3.05) is 0 Å². The van der Waals surface area contributed by atoms with Gasteiger partial charge in [-0.1, -0.05) is 72.6 Å². The normalized spacial score (nSPS) is 21.2. The molecule has 0 amide bonds. The maximum absolute atomic E-state index is 12.3. The topological polar surface area (TPSA) is 104 Å². The third-order valence-corrected chi connectivity index (χ3v) is 9.32. The van der Waals surface area contributed by atoms with Crippen molar-refractivity contribution in [3.05, 3.63) is 22.3 Å². The molecule has 1 aliphatic rings. The van der Waals surface area contributed by atoms with Crippen molar-refractivity contribution in [3.63, 3.8) is 0 Å². The minimum absolute atomic E-state index is 0.199. The summed E-state index contributed by atoms with van der Waals surface area (Å²) in [5.41, 5.74) is 2.30. The lowest BCUT2D eigenvalue weighted by Gasteiger charge is -2.46. The van der Waals surface area contributed by atoms with E-state index in [9.17, 15) is 24.9 Å². The van der Waals surface area contributed by atoms with Gasteiger partial charge in [0.2, 0.25) is 0 Å². The van der Waals surface area contributed by atoms with E-state index in [1.807, 2.05) is 27.7 Å². The van der Waals surface area contributed by atoms with Crippen molar-refractivity contribution >= 4 is 11.9 Å². The monoisotopic (exact) mass is 546 g/mol. The molecule has 0 fully saturated rings. The molecule has 0 aliphatic carbocycles. The first-order valence-electron chi connectivity index (χ1n) is 15.1. The number of ether oxygens (including phenoxy) is 1. The van der Waals surface area contributed by atoms with Crippen LogP contribution in [0.5, 0.6) is 11.5 Å². The van der Waals surface area contributed by atoms with Gasteiger partial charge < -0.3 is 20.1 Å². The highest BCUT2D eigenvalue weighted by molar-refractivity contribution is 5.78. The lowest BCUT2D eigenvalue weighted by atomic mass is 9.69. The average Bonchev–Trinajstić information content (AvgIpc) is 2.84. The molecule has 0 spiro atoms. The lowest BCUT2D eigenvalue weighted by Crippen LogP contribution is -2.51. The molecule has 0 saturated heterocycles. The number of carbonyl (C=O) groups is 2. The number of hydrogen-bond donors (Lipinski definition) is 3. The number of phenols is 1. The Morgan fingerprint density at radius 1 is 0.872 bits per heavy atom. The summed E-state index contributed by atoms with van der Waals surface area (Å²) in [5.74, 6) is -0.777. The highest BCUT2D eigenvalue weighted by Crippen LogP contribution is 2.49. The van der Waals surface area contributed by atoms with Crippen LogP contribution in [-0.4, -0.2) is 32.9 Å². The number of aliphatic carboxylic acids is 2. The van der Waals surface area contributed by atoms with E-state index in [-0.39, 0.29) is 5.75 Å². The second-order valence-electron chi connectivity index (χ2n) is 13.2. The zero-order chi connectivity index (χ0) is 29.5. The minimum atomic E-state index is -1.12. The van der Waals surface area contributed by atoms with Crippen LogP contribution in [0, 0.1) is 50.4 Å². The summed E-state index contributed by atoms with van der Waals surface area (Å²) in [6.07, 6.45) is 10.1. The van der Waals surface area contributed by atoms with Crippen molar-refractivity contribution < 1.29 is 29.6 Å². The van der Waals surface area contributed by atoms with Gasteiger partial charge in [0.05, 0.1) is 12.3 Å². The molecular weight excluding hydrogens is 492 g/mol. The zero-order valence-corrected chi connectivity index (χ0v) is 25.7. The number of carboxylic acid groups (broad SMARTS) is 2. The summed E-state index contributed by atoms with van der Waals surface area (Å²) in [7, 11) is 0. The first-order chi connectivity index (χ1) is 18.2. The fraction of sp³-hybridized carbons (Fsp3) is 0.758. The standard InChI is InChI=1S/C33H54O6/c1-20(2)12-9-13-21(3)14-10-15-22(4)16-11-17-33(8)28(27(32(37)38)19-29(34)35)18-26-25(7)30(36)23(5)24(6)31(26)39-33/h20-22,27-28,36H,9-19H2,1-8H3,(H,34,35)(H,37,38)/t21-,22+,27?,28?,33-/m0/s1. The van der Waals surface area contributed by atoms with Gasteiger partial charge in [0.1, 0.15) is 17.1 Å². The van der Waals surface area contributed by atoms with Gasteiger partial charge in [-0.15, -0.1) is 0 Å². The predicted octanol–water partition coefficient (Wildman–Crippen LogP) is 8.24. The van der Waals surface area contributed by atoms with E-state index in [0.717, 1.165) is 47.1 Å². The molecule has 3 N–H and O–H groups in total. The van der Waals surface area contributed by atoms with Gasteiger partial charge in [-0.3, -0.25) is 9.59 Å². The molecule has 1 aliphatic heterocycles. The zero-order valence-electron chi connectivity index (χ0n) is 25.7. The van der Waals surface area contributed by atoms with Crippen LogP contribution in [0.2, 0.25) is 0 Å². The quantitative estimate of drug-likeness (QED) is 0.193. The smallest absolute Gasteiger partial charge is 0.307 e. The number of rotatable bonds is 16. The summed E-state index contributed by atoms with van der Waals surface area (Å²) in [6, 6.07) is 0. The van der Waals surface area contributed by atoms with E-state index >= 15 is 0 Å². The van der Waals surface area contributed by atoms with E-state index in [4.69, 9.17) is 4.74 Å². The van der Waals surface area contributed by atoms with Crippen molar-refractivity contribution in [1.29, 1.82) is 0 Å². The van der Waals surface area contributed by atoms with Crippen LogP contribution in [0.3, 0.4) is 0 Å². The molecule has 1 aromatic carbocycles. The number of hydrogen-bond acceptors (Lipinski definition) is 4. The van der Waals surface area contributed by atoms with E-state index < -0.39 is 35.8 Å². The molecule has 1 heterocycles. The number of carboxylic acids is 2. The molecule has 6 heteroatoms. The first kappa shape index (κ1) is 33.0. The highest BCUT2D eigenvalue weighted by atomic mass is 16.5. The van der Waals surface area contributed by atoms with Gasteiger partial charge in [-0.25, -0.2) is 0 Å². The van der Waals surface area contributed by atoms with Crippen molar-refractivity contribution in [2.45, 2.75) is 132 Å². The van der Waals surface area contributed by atoms with E-state index in [2.05, 4.69) is 27.7 Å². The molecule has 2 unspecified atom stereocenters. The summed E-state index contributed by atoms with van der Waals surface area (Å²) >= 11 is 0. The first-order valence-corrected chi connectivity index (χ1v) is 15.1. The van der Waals surface area contributed by atoms with Gasteiger partial charge in [0.25, 0.3) is 0 Å². The Morgan fingerprint density at radius 2 is 1.41 bits per heavy atom. The third-order valence-electron chi connectivity index (χ3n) is 9.32. The molecule has 2 rings (SSSR count). The Kier molecular flexibility index (Phi) is 12.2. The van der Waals surface area contributed by atoms with Gasteiger partial charge in [-0.2, -0.15) is 0 Å². The molecule has 222 valence electrons. The summed E-state index contributed by atoms with van der Waals surface area (Å²) in [6.45, 7) is 16.8. The van der Waals surface area contributed by atoms with Crippen LogP contribution in [-0.2, 0) is 16.0 Å². The van der Waals surface area contributed by atoms with Crippen LogP contribution >= 0.6 is 0 Å². The Labute approximate surface area is 236 Å². The second kappa shape index (κ2) is 14.4. The fourth-order valence-corrected chi connectivity index (χ4v) is 6.47. The maximum atomic E-state index is 12.3. The van der Waals surface area contributed by atoms with Crippen LogP contribution in [0.25, 0.3) is 0 Å². The Morgan fingerprint density at radius 3 is 1.92 bits per heavy atom. The number of benzene rings is 1. The number of fused-ring (bicyclic) bond motifs is 1. The van der Waals surface area contributed by atoms with Crippen LogP contribution in [0.15, 0.2) is 0 Å². The Bertz CT molecular complexity index is 983. The van der Waals surface area contributed by atoms with E-state index in [0.29, 0.717) is 24.3 Å². The second-order valence-corrected chi connectivity index (χ2v) is 13.2. The molecule has 0 aromatic heterocycles. The number of phenolic OH excluding ortho intramolecular Hbond substituents is 1. The highest BCUT2D eigenvalue weighted by Gasteiger charge is 2.48. The Balaban J connectivity index is 2.11. The largest absolute Gasteiger partial charge is 0.507 e. The molecule has 5 atom stereocenters. The van der Waals surface area contributed by atoms with Crippen molar-refractivity contribution in [2.24, 2.45) is 29.6 Å². The van der Waals surface area contributed by atoms with Crippen molar-refractivity contribution in [1.82, 2.24) is 0 Å². The molecule has 0 radical (unpaired) electrons. The van der Waals surface area contributed by atoms with Gasteiger partial charge >= 0.3 is 11.9 Å². The third kappa shape index (κ3) is 8.88. The fourth-order valence-electron chi connectivity index (χ4n) is 6.47. The van der Waals surface area contributed by atoms with Crippen LogP contribution < -0.4 is 4.74 Å². The minimum Gasteiger partial charge on any atom is -0.507 e. The summed E-state index contributed by atoms with van der Waals surface area (Å²) < 4.78 is 6.67. The Hall–Kier alpha value is -2.24. The predicted molar refractivity (Wildman–Crippen MR) is 157 cm³/mol. The molecule has 6 nitrogen and oxygen atoms in total.